The third kappa shape index (κ3) is 4.21. The quantitative estimate of drug-likeness (QED) is 0.378. The van der Waals surface area contributed by atoms with Crippen LogP contribution in [0.5, 0.6) is 0 Å². The number of carbonyl (C=O) groups excluding carboxylic acids is 1. The van der Waals surface area contributed by atoms with Crippen molar-refractivity contribution in [3.63, 3.8) is 0 Å². The van der Waals surface area contributed by atoms with E-state index >= 15 is 0 Å². The number of alkyl halides is 3. The second-order valence-corrected chi connectivity index (χ2v) is 9.17. The average molecular weight is 524 g/mol. The summed E-state index contributed by atoms with van der Waals surface area (Å²) in [4.78, 5) is 35.1. The van der Waals surface area contributed by atoms with Crippen molar-refractivity contribution in [3.8, 4) is 16.9 Å². The molecule has 0 spiro atoms. The van der Waals surface area contributed by atoms with E-state index < -0.39 is 30.4 Å². The van der Waals surface area contributed by atoms with Crippen LogP contribution < -0.4 is 11.0 Å². The average Bonchev–Trinajstić information content (AvgIpc) is 3.37. The van der Waals surface area contributed by atoms with Crippen molar-refractivity contribution in [2.24, 2.45) is 7.05 Å². The fraction of sp³-hybridized carbons (Fsp3) is 0.269. The molecule has 0 aliphatic carbocycles. The number of amides is 1. The first-order valence-electron chi connectivity index (χ1n) is 11.8. The minimum atomic E-state index is -4.59. The Balaban J connectivity index is 1.60. The molecule has 1 amide bonds. The summed E-state index contributed by atoms with van der Waals surface area (Å²) in [5.41, 5.74) is 4.49. The molecule has 38 heavy (non-hydrogen) atoms. The highest BCUT2D eigenvalue weighted by Crippen LogP contribution is 2.29. The fourth-order valence-corrected chi connectivity index (χ4v) is 4.56. The van der Waals surface area contributed by atoms with Crippen molar-refractivity contribution in [2.45, 2.75) is 39.5 Å². The van der Waals surface area contributed by atoms with E-state index in [1.54, 1.807) is 54.5 Å². The summed E-state index contributed by atoms with van der Waals surface area (Å²) in [5.74, 6) is -0.917. The summed E-state index contributed by atoms with van der Waals surface area (Å²) < 4.78 is 43.2. The lowest BCUT2D eigenvalue weighted by Gasteiger charge is -2.17. The molecule has 0 fully saturated rings. The highest BCUT2D eigenvalue weighted by atomic mass is 19.4. The van der Waals surface area contributed by atoms with Crippen molar-refractivity contribution in [1.29, 1.82) is 0 Å². The summed E-state index contributed by atoms with van der Waals surface area (Å²) in [6, 6.07) is 6.70. The van der Waals surface area contributed by atoms with Gasteiger partial charge in [-0.25, -0.2) is 4.79 Å². The number of aromatic nitrogens is 6. The van der Waals surface area contributed by atoms with E-state index in [2.05, 4.69) is 10.1 Å². The lowest BCUT2D eigenvalue weighted by atomic mass is 10.1. The van der Waals surface area contributed by atoms with E-state index in [0.717, 1.165) is 29.0 Å². The second kappa shape index (κ2) is 9.12. The standard InChI is InChI=1S/C26H24F3N7O2/c1-14-6-5-7-21-24(14)36(25(38)35(21)13-23(37)33-16(3)26(27,28)29)20-9-8-19(32-15(20)2)17-10-30-12-22-18(17)11-31-34(22)4/h5-12,16H,13H2,1-4H3,(H,33,37)/t16-/m0/s1. The van der Waals surface area contributed by atoms with Crippen LogP contribution in [0.2, 0.25) is 0 Å². The summed E-state index contributed by atoms with van der Waals surface area (Å²) in [6.45, 7) is 3.87. The molecular weight excluding hydrogens is 499 g/mol. The number of fused-ring (bicyclic) bond motifs is 2. The normalized spacial score (nSPS) is 12.8. The maximum absolute atomic E-state index is 13.6. The monoisotopic (exact) mass is 523 g/mol. The number of benzene rings is 1. The minimum absolute atomic E-state index is 0.428. The topological polar surface area (TPSA) is 99.6 Å². The van der Waals surface area contributed by atoms with Gasteiger partial charge in [-0.1, -0.05) is 12.1 Å². The number of pyridine rings is 2. The third-order valence-corrected chi connectivity index (χ3v) is 6.57. The lowest BCUT2D eigenvalue weighted by molar-refractivity contribution is -0.158. The van der Waals surface area contributed by atoms with Crippen molar-refractivity contribution >= 4 is 27.8 Å². The van der Waals surface area contributed by atoms with Crippen LogP contribution >= 0.6 is 0 Å². The number of rotatable bonds is 5. The first-order chi connectivity index (χ1) is 18.0. The van der Waals surface area contributed by atoms with Crippen LogP contribution in [0, 0.1) is 13.8 Å². The molecule has 1 aromatic carbocycles. The molecule has 0 aliphatic rings. The van der Waals surface area contributed by atoms with Gasteiger partial charge in [0.25, 0.3) is 0 Å². The number of para-hydroxylation sites is 1. The van der Waals surface area contributed by atoms with Gasteiger partial charge in [-0.3, -0.25) is 28.6 Å². The predicted molar refractivity (Wildman–Crippen MR) is 136 cm³/mol. The Labute approximate surface area is 214 Å². The molecule has 1 N–H and O–H groups in total. The van der Waals surface area contributed by atoms with E-state index in [1.165, 1.54) is 9.13 Å². The van der Waals surface area contributed by atoms with Crippen molar-refractivity contribution in [2.75, 3.05) is 0 Å². The lowest BCUT2D eigenvalue weighted by Crippen LogP contribution is -2.45. The molecule has 5 rings (SSSR count). The van der Waals surface area contributed by atoms with E-state index in [-0.39, 0.29) is 0 Å². The fourth-order valence-electron chi connectivity index (χ4n) is 4.56. The third-order valence-electron chi connectivity index (χ3n) is 6.57. The summed E-state index contributed by atoms with van der Waals surface area (Å²) in [6.07, 6.45) is 0.568. The van der Waals surface area contributed by atoms with Gasteiger partial charge in [0.05, 0.1) is 46.0 Å². The molecule has 0 saturated heterocycles. The van der Waals surface area contributed by atoms with Crippen molar-refractivity contribution in [1.82, 2.24) is 34.2 Å². The highest BCUT2D eigenvalue weighted by molar-refractivity contribution is 5.93. The van der Waals surface area contributed by atoms with Gasteiger partial charge < -0.3 is 5.32 Å². The number of carbonyl (C=O) groups is 1. The first-order valence-corrected chi connectivity index (χ1v) is 11.8. The molecule has 1 atom stereocenters. The summed E-state index contributed by atoms with van der Waals surface area (Å²) in [7, 11) is 1.82. The molecule has 9 nitrogen and oxygen atoms in total. The number of hydrogen-bond donors (Lipinski definition) is 1. The summed E-state index contributed by atoms with van der Waals surface area (Å²) in [5, 5.41) is 7.09. The van der Waals surface area contributed by atoms with E-state index in [4.69, 9.17) is 4.98 Å². The largest absolute Gasteiger partial charge is 0.408 e. The van der Waals surface area contributed by atoms with Crippen LogP contribution in [-0.4, -0.2) is 47.0 Å². The van der Waals surface area contributed by atoms with Gasteiger partial charge in [0.1, 0.15) is 12.6 Å². The van der Waals surface area contributed by atoms with Crippen LogP contribution in [0.3, 0.4) is 0 Å². The molecule has 0 saturated carbocycles. The Bertz CT molecular complexity index is 1760. The number of halogens is 3. The van der Waals surface area contributed by atoms with Crippen molar-refractivity contribution in [3.05, 3.63) is 70.7 Å². The Morgan fingerprint density at radius 1 is 1.08 bits per heavy atom. The Kier molecular flexibility index (Phi) is 6.04. The smallest absolute Gasteiger partial charge is 0.343 e. The minimum Gasteiger partial charge on any atom is -0.343 e. The Hall–Kier alpha value is -4.48. The van der Waals surface area contributed by atoms with E-state index in [1.807, 2.05) is 25.4 Å². The number of hydrogen-bond acceptors (Lipinski definition) is 5. The molecule has 5 aromatic rings. The highest BCUT2D eigenvalue weighted by Gasteiger charge is 2.37. The van der Waals surface area contributed by atoms with E-state index in [0.29, 0.717) is 28.1 Å². The van der Waals surface area contributed by atoms with Gasteiger partial charge in [-0.15, -0.1) is 0 Å². The number of imidazole rings is 1. The molecule has 4 aromatic heterocycles. The van der Waals surface area contributed by atoms with Crippen LogP contribution in [0.4, 0.5) is 13.2 Å². The molecule has 0 bridgehead atoms. The molecule has 0 aliphatic heterocycles. The van der Waals surface area contributed by atoms with Crippen LogP contribution in [0.15, 0.2) is 53.7 Å². The van der Waals surface area contributed by atoms with Crippen LogP contribution in [-0.2, 0) is 18.4 Å². The number of aryl methyl sites for hydroxylation is 3. The molecular formula is C26H24F3N7O2. The maximum Gasteiger partial charge on any atom is 0.408 e. The zero-order chi connectivity index (χ0) is 27.4. The van der Waals surface area contributed by atoms with E-state index in [9.17, 15) is 22.8 Å². The number of nitrogens with zero attached hydrogens (tertiary/aromatic N) is 6. The van der Waals surface area contributed by atoms with Gasteiger partial charge >= 0.3 is 11.9 Å². The molecule has 196 valence electrons. The Morgan fingerprint density at radius 3 is 2.55 bits per heavy atom. The van der Waals surface area contributed by atoms with Gasteiger partial charge in [0, 0.05) is 24.2 Å². The zero-order valence-electron chi connectivity index (χ0n) is 21.0. The second-order valence-electron chi connectivity index (χ2n) is 9.17. The van der Waals surface area contributed by atoms with Gasteiger partial charge in [0.2, 0.25) is 5.91 Å². The number of nitrogens with one attached hydrogen (secondary N) is 1. The van der Waals surface area contributed by atoms with Crippen LogP contribution in [0.1, 0.15) is 18.2 Å². The van der Waals surface area contributed by atoms with Crippen LogP contribution in [0.25, 0.3) is 38.9 Å². The molecule has 4 heterocycles. The maximum atomic E-state index is 13.6. The van der Waals surface area contributed by atoms with Gasteiger partial charge in [-0.2, -0.15) is 18.3 Å². The first kappa shape index (κ1) is 25.2. The van der Waals surface area contributed by atoms with Gasteiger partial charge in [0.15, 0.2) is 0 Å². The summed E-state index contributed by atoms with van der Waals surface area (Å²) >= 11 is 0. The molecule has 12 heteroatoms. The Morgan fingerprint density at radius 2 is 1.84 bits per heavy atom. The SMILES string of the molecule is Cc1nc(-c2cncc3c2cnn3C)ccc1-n1c(=O)n(CC(=O)N[C@@H](C)C(F)(F)F)c2cccc(C)c21. The predicted octanol–water partition coefficient (Wildman–Crippen LogP) is 3.82. The van der Waals surface area contributed by atoms with Gasteiger partial charge in [-0.05, 0) is 44.5 Å². The van der Waals surface area contributed by atoms with Crippen molar-refractivity contribution < 1.29 is 18.0 Å². The molecule has 0 radical (unpaired) electrons. The molecule has 0 unspecified atom stereocenters. The zero-order valence-corrected chi connectivity index (χ0v) is 21.0.